The van der Waals surface area contributed by atoms with Gasteiger partial charge in [0.05, 0.1) is 5.69 Å². The van der Waals surface area contributed by atoms with Crippen LogP contribution in [0.4, 0.5) is 0 Å². The van der Waals surface area contributed by atoms with Crippen molar-refractivity contribution < 1.29 is 0 Å². The first-order chi connectivity index (χ1) is 10.0. The molecular weight excluding hydrogens is 276 g/mol. The van der Waals surface area contributed by atoms with Crippen LogP contribution in [0.1, 0.15) is 49.9 Å². The molecule has 21 heavy (non-hydrogen) atoms. The number of nitrogens with zero attached hydrogens (tertiary/aromatic N) is 1. The summed E-state index contributed by atoms with van der Waals surface area (Å²) in [5, 5.41) is 4.60. The summed E-state index contributed by atoms with van der Waals surface area (Å²) in [6, 6.07) is 9.26. The van der Waals surface area contributed by atoms with Gasteiger partial charge in [0.15, 0.2) is 0 Å². The van der Waals surface area contributed by atoms with Gasteiger partial charge >= 0.3 is 0 Å². The van der Waals surface area contributed by atoms with Gasteiger partial charge < -0.3 is 5.32 Å². The fourth-order valence-corrected chi connectivity index (χ4v) is 3.69. The lowest BCUT2D eigenvalue weighted by atomic mass is 10.0. The summed E-state index contributed by atoms with van der Waals surface area (Å²) >= 11 is 1.81. The first-order valence-electron chi connectivity index (χ1n) is 7.81. The molecule has 0 spiro atoms. The number of thiazole rings is 1. The van der Waals surface area contributed by atoms with E-state index in [0.29, 0.717) is 12.0 Å². The number of hydrogen-bond donors (Lipinski definition) is 1. The van der Waals surface area contributed by atoms with Crippen LogP contribution in [0.15, 0.2) is 24.3 Å². The Hall–Kier alpha value is -1.19. The summed E-state index contributed by atoms with van der Waals surface area (Å²) in [5.74, 6) is 0.700. The molecule has 1 aromatic carbocycles. The summed E-state index contributed by atoms with van der Waals surface area (Å²) < 4.78 is 0. The van der Waals surface area contributed by atoms with Crippen LogP contribution in [0.5, 0.6) is 0 Å². The van der Waals surface area contributed by atoms with E-state index in [1.54, 1.807) is 11.3 Å². The molecule has 0 fully saturated rings. The van der Waals surface area contributed by atoms with Crippen molar-refractivity contribution >= 4 is 11.3 Å². The first kappa shape index (κ1) is 16.2. The van der Waals surface area contributed by atoms with E-state index in [1.165, 1.54) is 16.0 Å². The molecule has 0 amide bonds. The third-order valence-electron chi connectivity index (χ3n) is 3.58. The van der Waals surface area contributed by atoms with Crippen molar-refractivity contribution in [1.82, 2.24) is 10.3 Å². The highest BCUT2D eigenvalue weighted by Crippen LogP contribution is 2.31. The number of aryl methyl sites for hydroxylation is 1. The van der Waals surface area contributed by atoms with Crippen molar-refractivity contribution in [3.63, 3.8) is 0 Å². The monoisotopic (exact) mass is 302 g/mol. The fraction of sp³-hybridized carbons (Fsp3) is 0.500. The van der Waals surface area contributed by atoms with Crippen LogP contribution in [0, 0.1) is 12.8 Å². The Kier molecular flexibility index (Phi) is 5.54. The van der Waals surface area contributed by atoms with Crippen LogP contribution >= 0.6 is 11.3 Å². The molecule has 1 aromatic heterocycles. The smallest absolute Gasteiger partial charge is 0.123 e. The molecule has 0 radical (unpaired) electrons. The van der Waals surface area contributed by atoms with Gasteiger partial charge in [0.2, 0.25) is 0 Å². The van der Waals surface area contributed by atoms with Crippen molar-refractivity contribution in [1.29, 1.82) is 0 Å². The number of rotatable bonds is 6. The van der Waals surface area contributed by atoms with E-state index >= 15 is 0 Å². The molecule has 1 N–H and O–H groups in total. The van der Waals surface area contributed by atoms with Crippen molar-refractivity contribution in [3.05, 3.63) is 40.4 Å². The Morgan fingerprint density at radius 3 is 2.38 bits per heavy atom. The van der Waals surface area contributed by atoms with Crippen LogP contribution in [-0.4, -0.2) is 11.5 Å². The zero-order valence-electron chi connectivity index (χ0n) is 13.7. The molecule has 2 nitrogen and oxygen atoms in total. The molecule has 0 aliphatic heterocycles. The van der Waals surface area contributed by atoms with Crippen LogP contribution in [0.25, 0.3) is 10.6 Å². The van der Waals surface area contributed by atoms with Gasteiger partial charge in [-0.15, -0.1) is 11.3 Å². The maximum Gasteiger partial charge on any atom is 0.123 e. The van der Waals surface area contributed by atoms with Gasteiger partial charge in [-0.05, 0) is 38.3 Å². The third kappa shape index (κ3) is 4.14. The molecule has 114 valence electrons. The molecule has 0 aliphatic rings. The molecular formula is C18H26N2S. The summed E-state index contributed by atoms with van der Waals surface area (Å²) in [6.07, 6.45) is 1.14. The second-order valence-corrected chi connectivity index (χ2v) is 7.07. The Morgan fingerprint density at radius 2 is 1.81 bits per heavy atom. The average Bonchev–Trinajstić information content (AvgIpc) is 2.81. The highest BCUT2D eigenvalue weighted by atomic mass is 32.1. The highest BCUT2D eigenvalue weighted by Gasteiger charge is 2.14. The van der Waals surface area contributed by atoms with Crippen LogP contribution < -0.4 is 5.32 Å². The van der Waals surface area contributed by atoms with E-state index in [9.17, 15) is 0 Å². The van der Waals surface area contributed by atoms with Crippen molar-refractivity contribution in [3.8, 4) is 10.6 Å². The number of nitrogens with one attached hydrogen (secondary N) is 1. The van der Waals surface area contributed by atoms with Gasteiger partial charge in [0.25, 0.3) is 0 Å². The zero-order chi connectivity index (χ0) is 15.4. The quantitative estimate of drug-likeness (QED) is 0.813. The summed E-state index contributed by atoms with van der Waals surface area (Å²) in [7, 11) is 0. The predicted molar refractivity (Wildman–Crippen MR) is 92.9 cm³/mol. The summed E-state index contributed by atoms with van der Waals surface area (Å²) in [4.78, 5) is 6.10. The molecule has 0 saturated heterocycles. The van der Waals surface area contributed by atoms with Gasteiger partial charge in [-0.1, -0.05) is 45.0 Å². The van der Waals surface area contributed by atoms with Crippen molar-refractivity contribution in [2.24, 2.45) is 5.92 Å². The van der Waals surface area contributed by atoms with E-state index in [2.05, 4.69) is 64.2 Å². The highest BCUT2D eigenvalue weighted by molar-refractivity contribution is 7.15. The minimum absolute atomic E-state index is 0.376. The maximum absolute atomic E-state index is 4.75. The largest absolute Gasteiger partial charge is 0.310 e. The number of benzene rings is 1. The molecule has 2 aromatic rings. The van der Waals surface area contributed by atoms with E-state index in [4.69, 9.17) is 4.98 Å². The Morgan fingerprint density at radius 1 is 1.14 bits per heavy atom. The average molecular weight is 302 g/mol. The SMILES string of the molecule is CCNC(C)c1sc(-c2ccc(CC(C)C)cc2)nc1C. The minimum atomic E-state index is 0.376. The predicted octanol–water partition coefficient (Wildman–Crippen LogP) is 4.99. The van der Waals surface area contributed by atoms with Crippen LogP contribution in [-0.2, 0) is 6.42 Å². The Bertz CT molecular complexity index is 569. The first-order valence-corrected chi connectivity index (χ1v) is 8.63. The normalized spacial score (nSPS) is 12.9. The topological polar surface area (TPSA) is 24.9 Å². The van der Waals surface area contributed by atoms with Crippen molar-refractivity contribution in [2.45, 2.75) is 47.1 Å². The Balaban J connectivity index is 2.20. The Labute approximate surface area is 132 Å². The van der Waals surface area contributed by atoms with E-state index in [-0.39, 0.29) is 0 Å². The van der Waals surface area contributed by atoms with E-state index in [1.807, 2.05) is 0 Å². The van der Waals surface area contributed by atoms with Gasteiger partial charge in [0, 0.05) is 16.5 Å². The lowest BCUT2D eigenvalue weighted by molar-refractivity contribution is 0.603. The molecule has 0 bridgehead atoms. The summed E-state index contributed by atoms with van der Waals surface area (Å²) in [5.41, 5.74) is 3.78. The standard InChI is InChI=1S/C18H26N2S/c1-6-19-13(4)17-14(5)20-18(21-17)16-9-7-15(8-10-16)11-12(2)3/h7-10,12-13,19H,6,11H2,1-5H3. The molecule has 1 atom stereocenters. The lowest BCUT2D eigenvalue weighted by Gasteiger charge is -2.09. The van der Waals surface area contributed by atoms with Gasteiger partial charge in [-0.2, -0.15) is 0 Å². The van der Waals surface area contributed by atoms with Crippen LogP contribution in [0.2, 0.25) is 0 Å². The van der Waals surface area contributed by atoms with Crippen molar-refractivity contribution in [2.75, 3.05) is 6.54 Å². The number of hydrogen-bond acceptors (Lipinski definition) is 3. The molecule has 1 unspecified atom stereocenters. The second kappa shape index (κ2) is 7.19. The van der Waals surface area contributed by atoms with E-state index in [0.717, 1.165) is 23.7 Å². The zero-order valence-corrected chi connectivity index (χ0v) is 14.6. The van der Waals surface area contributed by atoms with Crippen LogP contribution in [0.3, 0.4) is 0 Å². The summed E-state index contributed by atoms with van der Waals surface area (Å²) in [6.45, 7) is 12.0. The van der Waals surface area contributed by atoms with Gasteiger partial charge in [-0.25, -0.2) is 4.98 Å². The van der Waals surface area contributed by atoms with Gasteiger partial charge in [0.1, 0.15) is 5.01 Å². The van der Waals surface area contributed by atoms with Gasteiger partial charge in [-0.3, -0.25) is 0 Å². The molecule has 1 heterocycles. The maximum atomic E-state index is 4.75. The third-order valence-corrected chi connectivity index (χ3v) is 4.97. The fourth-order valence-electron chi connectivity index (χ4n) is 2.59. The molecule has 2 rings (SSSR count). The molecule has 0 saturated carbocycles. The molecule has 0 aliphatic carbocycles. The second-order valence-electron chi connectivity index (χ2n) is 6.04. The number of aromatic nitrogens is 1. The molecule has 3 heteroatoms. The van der Waals surface area contributed by atoms with E-state index < -0.39 is 0 Å². The minimum Gasteiger partial charge on any atom is -0.310 e. The lowest BCUT2D eigenvalue weighted by Crippen LogP contribution is -2.17.